The molecule has 0 saturated heterocycles. The topological polar surface area (TPSA) is 122 Å². The molecule has 0 amide bonds. The largest absolute Gasteiger partial charge is 0.462 e. The van der Waals surface area contributed by atoms with Crippen LogP contribution in [0.3, 0.4) is 0 Å². The molecule has 0 radical (unpaired) electrons. The number of thioether (sulfide) groups is 1. The zero-order valence-corrected chi connectivity index (χ0v) is 25.9. The summed E-state index contributed by atoms with van der Waals surface area (Å²) in [4.78, 5) is 37.0. The van der Waals surface area contributed by atoms with Crippen LogP contribution >= 0.6 is 22.6 Å². The predicted octanol–water partition coefficient (Wildman–Crippen LogP) is 5.43. The molecule has 9 nitrogen and oxygen atoms in total. The lowest BCUT2D eigenvalue weighted by Crippen LogP contribution is -2.34. The van der Waals surface area contributed by atoms with Gasteiger partial charge < -0.3 is 14.2 Å². The molecule has 0 aliphatic heterocycles. The molecule has 42 heavy (non-hydrogen) atoms. The van der Waals surface area contributed by atoms with Crippen molar-refractivity contribution >= 4 is 61.5 Å². The Morgan fingerprint density at radius 2 is 1.88 bits per heavy atom. The molecule has 0 aromatic heterocycles. The van der Waals surface area contributed by atoms with Gasteiger partial charge in [-0.05, 0) is 76.9 Å². The average molecular weight is 638 g/mol. The molecule has 1 aliphatic carbocycles. The van der Waals surface area contributed by atoms with Crippen LogP contribution in [0.1, 0.15) is 36.5 Å². The van der Waals surface area contributed by atoms with E-state index >= 15 is 0 Å². The van der Waals surface area contributed by atoms with E-state index in [1.165, 1.54) is 18.4 Å². The molecule has 0 N–H and O–H groups in total. The lowest BCUT2D eigenvalue weighted by molar-refractivity contribution is -0.481. The maximum absolute atomic E-state index is 14.3. The summed E-state index contributed by atoms with van der Waals surface area (Å²) in [5, 5.41) is 10.5. The Balaban J connectivity index is 1.77. The molecule has 0 heterocycles. The Kier molecular flexibility index (Phi) is 13.2. The number of ether oxygens (including phenoxy) is 3. The van der Waals surface area contributed by atoms with Gasteiger partial charge in [0.2, 0.25) is 12.6 Å². The van der Waals surface area contributed by atoms with Crippen molar-refractivity contribution in [3.63, 3.8) is 0 Å². The first-order valence-corrected chi connectivity index (χ1v) is 17.3. The van der Waals surface area contributed by atoms with E-state index in [4.69, 9.17) is 14.2 Å². The Morgan fingerprint density at radius 1 is 1.14 bits per heavy atom. The van der Waals surface area contributed by atoms with Gasteiger partial charge in [-0.2, -0.15) is 0 Å². The van der Waals surface area contributed by atoms with Gasteiger partial charge in [0.1, 0.15) is 12.4 Å². The number of carbonyl (C=O) groups excluding carboxylic acids is 2. The minimum Gasteiger partial charge on any atom is -0.462 e. The van der Waals surface area contributed by atoms with Crippen LogP contribution in [0.4, 0.5) is 4.39 Å². The number of hydrogen-bond donors (Lipinski definition) is 0. The number of esters is 2. The minimum absolute atomic E-state index is 0.0179. The monoisotopic (exact) mass is 637 g/mol. The van der Waals surface area contributed by atoms with Crippen molar-refractivity contribution in [3.05, 3.63) is 80.7 Å². The van der Waals surface area contributed by atoms with Gasteiger partial charge >= 0.3 is 11.9 Å². The normalized spacial score (nSPS) is 14.9. The number of benzene rings is 2. The third kappa shape index (κ3) is 10.1. The molecule has 13 heteroatoms. The summed E-state index contributed by atoms with van der Waals surface area (Å²) < 4.78 is 41.5. The van der Waals surface area contributed by atoms with Crippen LogP contribution in [0, 0.1) is 15.9 Å². The van der Waals surface area contributed by atoms with Crippen LogP contribution in [0.5, 0.6) is 0 Å². The summed E-state index contributed by atoms with van der Waals surface area (Å²) in [5.41, 5.74) is 4.49. The maximum atomic E-state index is 14.3. The van der Waals surface area contributed by atoms with E-state index < -0.39 is 38.6 Å². The molecule has 2 aromatic rings. The summed E-state index contributed by atoms with van der Waals surface area (Å²) in [6, 6.07) is 12.4. The van der Waals surface area contributed by atoms with Crippen LogP contribution < -0.4 is 0 Å². The summed E-state index contributed by atoms with van der Waals surface area (Å²) in [6.45, 7) is 1.12. The average Bonchev–Trinajstić information content (AvgIpc) is 3.19. The zero-order chi connectivity index (χ0) is 30.6. The van der Waals surface area contributed by atoms with E-state index in [1.807, 2.05) is 43.5 Å². The number of nitro groups is 1. The number of halogens is 1. The van der Waals surface area contributed by atoms with E-state index in [1.54, 1.807) is 17.8 Å². The standard InChI is InChI=1S/C29H32FNO8S3/c1-19-24(15-20-5-8-22(40-2)9-6-20)23-10-7-21(30)16-26(23)25(19)17-28(32)39-27(18-37-12-4-11-31(34)35)29(33)38-13-14-41-42(3)36/h5-10,15-16,27H,4,11-14,17-18H2,1-3H3/b24-15-. The molecule has 1 aliphatic rings. The van der Waals surface area contributed by atoms with Crippen LogP contribution in [0.2, 0.25) is 0 Å². The van der Waals surface area contributed by atoms with E-state index in [0.29, 0.717) is 11.1 Å². The quantitative estimate of drug-likeness (QED) is 0.0588. The summed E-state index contributed by atoms with van der Waals surface area (Å²) >= 11 is 1.63. The molecule has 0 bridgehead atoms. The van der Waals surface area contributed by atoms with Crippen molar-refractivity contribution in [1.29, 1.82) is 0 Å². The van der Waals surface area contributed by atoms with E-state index in [0.717, 1.165) is 38.0 Å². The van der Waals surface area contributed by atoms with Gasteiger partial charge in [0, 0.05) is 28.2 Å². The maximum Gasteiger partial charge on any atom is 0.349 e. The lowest BCUT2D eigenvalue weighted by Gasteiger charge is -2.17. The highest BCUT2D eigenvalue weighted by Crippen LogP contribution is 2.44. The van der Waals surface area contributed by atoms with Gasteiger partial charge in [0.25, 0.3) is 0 Å². The van der Waals surface area contributed by atoms with Crippen LogP contribution in [-0.4, -0.2) is 71.8 Å². The molecule has 0 fully saturated rings. The van der Waals surface area contributed by atoms with Crippen molar-refractivity contribution in [1.82, 2.24) is 0 Å². The van der Waals surface area contributed by atoms with Gasteiger partial charge in [-0.3, -0.25) is 14.9 Å². The fraction of sp³-hybridized carbons (Fsp3) is 0.379. The van der Waals surface area contributed by atoms with Crippen molar-refractivity contribution in [2.75, 3.05) is 44.6 Å². The van der Waals surface area contributed by atoms with Gasteiger partial charge in [-0.25, -0.2) is 13.4 Å². The van der Waals surface area contributed by atoms with E-state index in [9.17, 15) is 28.3 Å². The highest BCUT2D eigenvalue weighted by molar-refractivity contribution is 8.68. The second kappa shape index (κ2) is 16.6. The Hall–Kier alpha value is -3.00. The molecule has 3 rings (SSSR count). The Labute approximate surface area is 254 Å². The Bertz CT molecular complexity index is 1380. The molecular formula is C29H32FNO8S3. The number of nitrogens with zero attached hydrogens (tertiary/aromatic N) is 1. The fourth-order valence-electron chi connectivity index (χ4n) is 4.22. The molecule has 2 atom stereocenters. The third-order valence-corrected chi connectivity index (χ3v) is 9.12. The first kappa shape index (κ1) is 33.5. The Morgan fingerprint density at radius 3 is 2.55 bits per heavy atom. The third-order valence-electron chi connectivity index (χ3n) is 6.21. The predicted molar refractivity (Wildman–Crippen MR) is 164 cm³/mol. The van der Waals surface area contributed by atoms with Crippen LogP contribution in [-0.2, 0) is 33.6 Å². The van der Waals surface area contributed by atoms with E-state index in [2.05, 4.69) is 0 Å². The summed E-state index contributed by atoms with van der Waals surface area (Å²) in [5.74, 6) is -1.76. The molecule has 0 saturated carbocycles. The van der Waals surface area contributed by atoms with Crippen LogP contribution in [0.25, 0.3) is 17.2 Å². The smallest absolute Gasteiger partial charge is 0.349 e. The molecule has 2 unspecified atom stereocenters. The molecule has 0 spiro atoms. The highest BCUT2D eigenvalue weighted by Gasteiger charge is 2.30. The minimum atomic E-state index is -1.41. The van der Waals surface area contributed by atoms with Crippen molar-refractivity contribution in [2.24, 2.45) is 0 Å². The SMILES string of the molecule is CSc1ccc(/C=C2/C(C)=C(CC(=O)OC(COCCC[N+](=O)[O-])C(=O)OCCSS(C)=O)c3cc(F)ccc32)cc1. The first-order valence-electron chi connectivity index (χ1n) is 13.0. The van der Waals surface area contributed by atoms with Gasteiger partial charge in [0.05, 0.1) is 29.5 Å². The number of fused-ring (bicyclic) bond motifs is 1. The lowest BCUT2D eigenvalue weighted by atomic mass is 10.0. The number of rotatable bonds is 16. The molecule has 226 valence electrons. The number of carbonyl (C=O) groups is 2. The van der Waals surface area contributed by atoms with Gasteiger partial charge in [-0.15, -0.1) is 11.8 Å². The fourth-order valence-corrected chi connectivity index (χ4v) is 5.92. The summed E-state index contributed by atoms with van der Waals surface area (Å²) in [6.07, 6.45) is 3.95. The van der Waals surface area contributed by atoms with Crippen molar-refractivity contribution < 1.29 is 37.3 Å². The number of allylic oxidation sites excluding steroid dienone is 2. The van der Waals surface area contributed by atoms with E-state index in [-0.39, 0.29) is 45.0 Å². The first-order chi connectivity index (χ1) is 20.1. The van der Waals surface area contributed by atoms with Gasteiger partial charge in [-0.1, -0.05) is 29.0 Å². The van der Waals surface area contributed by atoms with Crippen molar-refractivity contribution in [3.8, 4) is 0 Å². The second-order valence-electron chi connectivity index (χ2n) is 9.16. The zero-order valence-electron chi connectivity index (χ0n) is 23.5. The molecule has 2 aromatic carbocycles. The van der Waals surface area contributed by atoms with Gasteiger partial charge in [0.15, 0.2) is 0 Å². The van der Waals surface area contributed by atoms with Crippen molar-refractivity contribution in [2.45, 2.75) is 30.8 Å². The summed E-state index contributed by atoms with van der Waals surface area (Å²) in [7, 11) is -0.0389. The highest BCUT2D eigenvalue weighted by atomic mass is 33.1. The molecular weight excluding hydrogens is 606 g/mol. The number of hydrogen-bond acceptors (Lipinski definition) is 10. The second-order valence-corrected chi connectivity index (χ2v) is 13.6. The van der Waals surface area contributed by atoms with Crippen LogP contribution in [0.15, 0.2) is 52.9 Å².